The molecule has 0 atom stereocenters. The topological polar surface area (TPSA) is 27.7 Å². The first-order chi connectivity index (χ1) is 7.99. The Morgan fingerprint density at radius 1 is 0.889 bits per heavy atom. The highest BCUT2D eigenvalue weighted by Gasteiger charge is 2.23. The van der Waals surface area contributed by atoms with E-state index in [4.69, 9.17) is 13.6 Å². The fraction of sp³-hybridized carbons (Fsp3) is 0.692. The van der Waals surface area contributed by atoms with Crippen LogP contribution in [0.15, 0.2) is 24.4 Å². The predicted octanol–water partition coefficient (Wildman–Crippen LogP) is 4.47. The molecule has 0 aromatic rings. The van der Waals surface area contributed by atoms with Gasteiger partial charge in [0, 0.05) is 6.08 Å². The molecule has 0 fully saturated rings. The summed E-state index contributed by atoms with van der Waals surface area (Å²) < 4.78 is 17.2. The Morgan fingerprint density at radius 3 is 1.67 bits per heavy atom. The molecule has 106 valence electrons. The molecule has 0 aliphatic rings. The summed E-state index contributed by atoms with van der Waals surface area (Å²) in [4.78, 5) is 0. The van der Waals surface area contributed by atoms with Gasteiger partial charge in [0.15, 0.2) is 0 Å². The largest absolute Gasteiger partial charge is 0.521 e. The van der Waals surface area contributed by atoms with Crippen LogP contribution >= 0.6 is 0 Å². The first-order valence-corrected chi connectivity index (χ1v) is 13.2. The van der Waals surface area contributed by atoms with Crippen molar-refractivity contribution in [3.8, 4) is 0 Å². The first-order valence-electron chi connectivity index (χ1n) is 6.40. The fourth-order valence-electron chi connectivity index (χ4n) is 1.01. The van der Waals surface area contributed by atoms with E-state index in [0.29, 0.717) is 5.95 Å². The molecule has 0 aromatic heterocycles. The molecule has 0 unspecified atom stereocenters. The van der Waals surface area contributed by atoms with E-state index in [0.717, 1.165) is 0 Å². The van der Waals surface area contributed by atoms with Gasteiger partial charge in [-0.05, 0) is 59.2 Å². The van der Waals surface area contributed by atoms with Crippen molar-refractivity contribution in [2.45, 2.75) is 59.2 Å². The predicted molar refractivity (Wildman–Crippen MR) is 82.3 cm³/mol. The molecule has 0 bridgehead atoms. The van der Waals surface area contributed by atoms with Crippen LogP contribution in [0.2, 0.25) is 39.3 Å². The Balaban J connectivity index is 4.65. The summed E-state index contributed by atoms with van der Waals surface area (Å²) in [5.41, 5.74) is 0. The third-order valence-electron chi connectivity index (χ3n) is 1.48. The van der Waals surface area contributed by atoms with Gasteiger partial charge in [0.05, 0.1) is 12.4 Å². The Kier molecular flexibility index (Phi) is 6.77. The lowest BCUT2D eigenvalue weighted by Crippen LogP contribution is -2.31. The van der Waals surface area contributed by atoms with Crippen molar-refractivity contribution in [3.63, 3.8) is 0 Å². The molecule has 5 heteroatoms. The zero-order valence-corrected chi connectivity index (χ0v) is 15.0. The first kappa shape index (κ1) is 17.3. The van der Waals surface area contributed by atoms with Crippen molar-refractivity contribution >= 4 is 16.6 Å². The Hall–Kier alpha value is -0.686. The van der Waals surface area contributed by atoms with E-state index in [-0.39, 0.29) is 6.10 Å². The minimum Gasteiger partial charge on any atom is -0.521 e. The highest BCUT2D eigenvalue weighted by atomic mass is 28.4. The molecule has 3 nitrogen and oxygen atoms in total. The van der Waals surface area contributed by atoms with Gasteiger partial charge < -0.3 is 13.6 Å². The molecular formula is C13H28O3Si2. The average molecular weight is 289 g/mol. The van der Waals surface area contributed by atoms with Crippen molar-refractivity contribution in [2.75, 3.05) is 0 Å². The minimum absolute atomic E-state index is 0.189. The van der Waals surface area contributed by atoms with Gasteiger partial charge in [0.2, 0.25) is 16.6 Å². The number of ether oxygens (including phenoxy) is 1. The smallest absolute Gasteiger partial charge is 0.251 e. The normalized spacial score (nSPS) is 12.7. The van der Waals surface area contributed by atoms with E-state index in [1.54, 1.807) is 6.26 Å². The molecular weight excluding hydrogens is 260 g/mol. The van der Waals surface area contributed by atoms with E-state index in [1.807, 2.05) is 26.0 Å². The second-order valence-electron chi connectivity index (χ2n) is 6.43. The molecule has 18 heavy (non-hydrogen) atoms. The SMILES string of the molecule is CC(C)OC=CC=C(O[Si](C)(C)C)O[Si](C)(C)C. The Labute approximate surface area is 114 Å². The lowest BCUT2D eigenvalue weighted by Gasteiger charge is -2.27. The van der Waals surface area contributed by atoms with Crippen LogP contribution in [0.5, 0.6) is 0 Å². The molecule has 0 saturated heterocycles. The van der Waals surface area contributed by atoms with E-state index < -0.39 is 16.6 Å². The third-order valence-corrected chi connectivity index (χ3v) is 3.10. The van der Waals surface area contributed by atoms with Gasteiger partial charge in [-0.1, -0.05) is 0 Å². The van der Waals surface area contributed by atoms with Gasteiger partial charge in [-0.25, -0.2) is 0 Å². The van der Waals surface area contributed by atoms with Crippen molar-refractivity contribution in [3.05, 3.63) is 24.4 Å². The molecule has 0 N–H and O–H groups in total. The molecule has 0 rings (SSSR count). The zero-order valence-electron chi connectivity index (χ0n) is 13.0. The molecule has 0 saturated carbocycles. The summed E-state index contributed by atoms with van der Waals surface area (Å²) in [7, 11) is -3.30. The number of hydrogen-bond donors (Lipinski definition) is 0. The Morgan fingerprint density at radius 2 is 1.33 bits per heavy atom. The zero-order chi connectivity index (χ0) is 14.4. The molecule has 0 amide bonds. The van der Waals surface area contributed by atoms with E-state index in [9.17, 15) is 0 Å². The standard InChI is InChI=1S/C13H28O3Si2/c1-12(2)14-11-9-10-13(15-17(3,4)5)16-18(6,7)8/h9-12H,1-8H3. The molecule has 0 radical (unpaired) electrons. The maximum absolute atomic E-state index is 5.93. The summed E-state index contributed by atoms with van der Waals surface area (Å²) in [6.45, 7) is 16.8. The number of hydrogen-bond acceptors (Lipinski definition) is 3. The average Bonchev–Trinajstić information content (AvgIpc) is 2.06. The van der Waals surface area contributed by atoms with Crippen LogP contribution in [0.4, 0.5) is 0 Å². The van der Waals surface area contributed by atoms with Gasteiger partial charge in [-0.3, -0.25) is 0 Å². The minimum atomic E-state index is -1.65. The van der Waals surface area contributed by atoms with Gasteiger partial charge in [-0.15, -0.1) is 0 Å². The highest BCUT2D eigenvalue weighted by molar-refractivity contribution is 6.71. The van der Waals surface area contributed by atoms with Crippen LogP contribution in [-0.2, 0) is 13.6 Å². The summed E-state index contributed by atoms with van der Waals surface area (Å²) in [6.07, 6.45) is 5.54. The van der Waals surface area contributed by atoms with Gasteiger partial charge in [-0.2, -0.15) is 0 Å². The van der Waals surface area contributed by atoms with Crippen molar-refractivity contribution in [1.29, 1.82) is 0 Å². The van der Waals surface area contributed by atoms with Crippen LogP contribution in [0, 0.1) is 0 Å². The third kappa shape index (κ3) is 11.8. The van der Waals surface area contributed by atoms with Crippen molar-refractivity contribution in [1.82, 2.24) is 0 Å². The van der Waals surface area contributed by atoms with Crippen LogP contribution in [0.3, 0.4) is 0 Å². The van der Waals surface area contributed by atoms with Crippen LogP contribution in [-0.4, -0.2) is 22.7 Å². The second kappa shape index (κ2) is 7.04. The maximum Gasteiger partial charge on any atom is 0.251 e. The van der Waals surface area contributed by atoms with Gasteiger partial charge in [0.1, 0.15) is 0 Å². The lowest BCUT2D eigenvalue weighted by molar-refractivity contribution is 0.179. The number of allylic oxidation sites excluding steroid dienone is 2. The maximum atomic E-state index is 5.93. The van der Waals surface area contributed by atoms with Crippen LogP contribution in [0.25, 0.3) is 0 Å². The summed E-state index contributed by atoms with van der Waals surface area (Å²) >= 11 is 0. The van der Waals surface area contributed by atoms with E-state index in [2.05, 4.69) is 39.3 Å². The molecule has 0 spiro atoms. The molecule has 0 aliphatic carbocycles. The number of rotatable bonds is 7. The van der Waals surface area contributed by atoms with Crippen molar-refractivity contribution in [2.24, 2.45) is 0 Å². The van der Waals surface area contributed by atoms with E-state index in [1.165, 1.54) is 0 Å². The summed E-state index contributed by atoms with van der Waals surface area (Å²) in [6, 6.07) is 0. The van der Waals surface area contributed by atoms with Crippen molar-refractivity contribution < 1.29 is 13.6 Å². The van der Waals surface area contributed by atoms with Gasteiger partial charge in [0.25, 0.3) is 5.95 Å². The fourth-order valence-corrected chi connectivity index (χ4v) is 2.52. The summed E-state index contributed by atoms with van der Waals surface area (Å²) in [5.74, 6) is 0.622. The van der Waals surface area contributed by atoms with Gasteiger partial charge >= 0.3 is 0 Å². The lowest BCUT2D eigenvalue weighted by atomic mass is 10.5. The molecule has 0 aliphatic heterocycles. The second-order valence-corrected chi connectivity index (χ2v) is 15.3. The quantitative estimate of drug-likeness (QED) is 0.393. The van der Waals surface area contributed by atoms with Crippen LogP contribution in [0.1, 0.15) is 13.8 Å². The monoisotopic (exact) mass is 288 g/mol. The highest BCUT2D eigenvalue weighted by Crippen LogP contribution is 2.17. The molecule has 0 heterocycles. The Bertz CT molecular complexity index is 278. The molecule has 0 aromatic carbocycles. The van der Waals surface area contributed by atoms with E-state index >= 15 is 0 Å². The van der Waals surface area contributed by atoms with Crippen LogP contribution < -0.4 is 0 Å². The summed E-state index contributed by atoms with van der Waals surface area (Å²) in [5, 5.41) is 0.